The number of hydrogen-bond acceptors (Lipinski definition) is 5. The Morgan fingerprint density at radius 3 is 2.36 bits per heavy atom. The van der Waals surface area contributed by atoms with Gasteiger partial charge in [-0.1, -0.05) is 30.3 Å². The normalized spacial score (nSPS) is 11.7. The van der Waals surface area contributed by atoms with E-state index in [-0.39, 0.29) is 18.1 Å². The Bertz CT molecular complexity index is 911. The second-order valence-electron chi connectivity index (χ2n) is 6.69. The maximum absolute atomic E-state index is 12.5. The Kier molecular flexibility index (Phi) is 6.22. The SMILES string of the molecule is CC(C)Oc1ccc(Nc2nccc(C(=O)NC(C)c3ccccc3)n2)cc1. The first kappa shape index (κ1) is 19.4. The second kappa shape index (κ2) is 8.99. The third-order valence-electron chi connectivity index (χ3n) is 4.02. The van der Waals surface area contributed by atoms with Crippen molar-refractivity contribution < 1.29 is 9.53 Å². The molecule has 2 aromatic carbocycles. The average molecular weight is 376 g/mol. The number of carbonyl (C=O) groups is 1. The lowest BCUT2D eigenvalue weighted by atomic mass is 10.1. The van der Waals surface area contributed by atoms with Gasteiger partial charge in [0.15, 0.2) is 0 Å². The van der Waals surface area contributed by atoms with Crippen LogP contribution in [0.15, 0.2) is 66.9 Å². The number of rotatable bonds is 7. The Labute approximate surface area is 165 Å². The van der Waals surface area contributed by atoms with Gasteiger partial charge in [-0.05, 0) is 56.7 Å². The summed E-state index contributed by atoms with van der Waals surface area (Å²) in [5, 5.41) is 6.06. The van der Waals surface area contributed by atoms with Gasteiger partial charge in [-0.3, -0.25) is 4.79 Å². The zero-order valence-corrected chi connectivity index (χ0v) is 16.2. The summed E-state index contributed by atoms with van der Waals surface area (Å²) in [5.74, 6) is 0.907. The minimum absolute atomic E-state index is 0.117. The number of nitrogens with one attached hydrogen (secondary N) is 2. The summed E-state index contributed by atoms with van der Waals surface area (Å²) in [4.78, 5) is 21.0. The van der Waals surface area contributed by atoms with Crippen LogP contribution in [0.25, 0.3) is 0 Å². The molecule has 1 amide bonds. The van der Waals surface area contributed by atoms with Crippen LogP contribution in [0.3, 0.4) is 0 Å². The molecule has 3 aromatic rings. The van der Waals surface area contributed by atoms with Crippen LogP contribution in [0.1, 0.15) is 42.9 Å². The van der Waals surface area contributed by atoms with E-state index in [2.05, 4.69) is 20.6 Å². The molecule has 3 rings (SSSR count). The number of amides is 1. The van der Waals surface area contributed by atoms with Gasteiger partial charge in [0.05, 0.1) is 12.1 Å². The molecule has 0 aliphatic carbocycles. The molecule has 144 valence electrons. The van der Waals surface area contributed by atoms with Crippen molar-refractivity contribution in [1.29, 1.82) is 0 Å². The highest BCUT2D eigenvalue weighted by atomic mass is 16.5. The lowest BCUT2D eigenvalue weighted by Crippen LogP contribution is -2.27. The molecular weight excluding hydrogens is 352 g/mol. The fourth-order valence-electron chi connectivity index (χ4n) is 2.66. The van der Waals surface area contributed by atoms with Crippen LogP contribution >= 0.6 is 0 Å². The Morgan fingerprint density at radius 1 is 0.964 bits per heavy atom. The van der Waals surface area contributed by atoms with Crippen LogP contribution in [0.2, 0.25) is 0 Å². The van der Waals surface area contributed by atoms with Crippen molar-refractivity contribution in [2.45, 2.75) is 32.9 Å². The van der Waals surface area contributed by atoms with E-state index in [1.54, 1.807) is 12.3 Å². The summed E-state index contributed by atoms with van der Waals surface area (Å²) in [7, 11) is 0. The summed E-state index contributed by atoms with van der Waals surface area (Å²) < 4.78 is 5.63. The number of aromatic nitrogens is 2. The number of hydrogen-bond donors (Lipinski definition) is 2. The third kappa shape index (κ3) is 5.30. The zero-order chi connectivity index (χ0) is 19.9. The largest absolute Gasteiger partial charge is 0.491 e. The molecule has 0 bridgehead atoms. The number of nitrogens with zero attached hydrogens (tertiary/aromatic N) is 2. The highest BCUT2D eigenvalue weighted by Gasteiger charge is 2.13. The van der Waals surface area contributed by atoms with Gasteiger partial charge in [0.25, 0.3) is 5.91 Å². The summed E-state index contributed by atoms with van der Waals surface area (Å²) in [5.41, 5.74) is 2.15. The monoisotopic (exact) mass is 376 g/mol. The quantitative estimate of drug-likeness (QED) is 0.635. The van der Waals surface area contributed by atoms with Crippen LogP contribution in [0.5, 0.6) is 5.75 Å². The summed E-state index contributed by atoms with van der Waals surface area (Å²) >= 11 is 0. The van der Waals surface area contributed by atoms with Crippen molar-refractivity contribution in [2.75, 3.05) is 5.32 Å². The maximum atomic E-state index is 12.5. The van der Waals surface area contributed by atoms with Crippen molar-refractivity contribution in [3.8, 4) is 5.75 Å². The van der Waals surface area contributed by atoms with Gasteiger partial charge in [-0.25, -0.2) is 9.97 Å². The molecule has 6 heteroatoms. The Hall–Kier alpha value is -3.41. The second-order valence-corrected chi connectivity index (χ2v) is 6.69. The number of benzene rings is 2. The van der Waals surface area contributed by atoms with Crippen molar-refractivity contribution >= 4 is 17.5 Å². The van der Waals surface area contributed by atoms with Gasteiger partial charge in [0, 0.05) is 11.9 Å². The molecule has 1 unspecified atom stereocenters. The number of carbonyl (C=O) groups excluding carboxylic acids is 1. The lowest BCUT2D eigenvalue weighted by Gasteiger charge is -2.14. The fourth-order valence-corrected chi connectivity index (χ4v) is 2.66. The predicted molar refractivity (Wildman–Crippen MR) is 110 cm³/mol. The molecule has 1 heterocycles. The van der Waals surface area contributed by atoms with Gasteiger partial charge >= 0.3 is 0 Å². The van der Waals surface area contributed by atoms with Gasteiger partial charge in [0.2, 0.25) is 5.95 Å². The smallest absolute Gasteiger partial charge is 0.270 e. The molecule has 1 aromatic heterocycles. The van der Waals surface area contributed by atoms with Crippen molar-refractivity contribution in [3.05, 3.63) is 78.1 Å². The lowest BCUT2D eigenvalue weighted by molar-refractivity contribution is 0.0935. The molecule has 0 aliphatic rings. The molecule has 0 radical (unpaired) electrons. The molecular formula is C22H24N4O2. The van der Waals surface area contributed by atoms with Crippen LogP contribution in [0, 0.1) is 0 Å². The van der Waals surface area contributed by atoms with E-state index in [1.165, 1.54) is 0 Å². The first-order chi connectivity index (χ1) is 13.5. The molecule has 2 N–H and O–H groups in total. The van der Waals surface area contributed by atoms with Crippen molar-refractivity contribution in [3.63, 3.8) is 0 Å². The van der Waals surface area contributed by atoms with Gasteiger partial charge < -0.3 is 15.4 Å². The highest BCUT2D eigenvalue weighted by molar-refractivity contribution is 5.92. The van der Waals surface area contributed by atoms with E-state index in [1.807, 2.05) is 75.4 Å². The van der Waals surface area contributed by atoms with E-state index in [9.17, 15) is 4.79 Å². The summed E-state index contributed by atoms with van der Waals surface area (Å²) in [6.45, 7) is 5.90. The zero-order valence-electron chi connectivity index (χ0n) is 16.2. The molecule has 0 fully saturated rings. The van der Waals surface area contributed by atoms with E-state index in [4.69, 9.17) is 4.74 Å². The van der Waals surface area contributed by atoms with E-state index >= 15 is 0 Å². The molecule has 0 saturated heterocycles. The van der Waals surface area contributed by atoms with Crippen LogP contribution < -0.4 is 15.4 Å². The van der Waals surface area contributed by atoms with Crippen LogP contribution in [-0.4, -0.2) is 22.0 Å². The first-order valence-electron chi connectivity index (χ1n) is 9.24. The molecule has 0 spiro atoms. The van der Waals surface area contributed by atoms with Crippen molar-refractivity contribution in [2.24, 2.45) is 0 Å². The highest BCUT2D eigenvalue weighted by Crippen LogP contribution is 2.19. The fraction of sp³-hybridized carbons (Fsp3) is 0.227. The average Bonchev–Trinajstić information content (AvgIpc) is 2.70. The Morgan fingerprint density at radius 2 is 1.68 bits per heavy atom. The summed E-state index contributed by atoms with van der Waals surface area (Å²) in [6, 6.07) is 18.8. The molecule has 0 saturated carbocycles. The van der Waals surface area contributed by atoms with Gasteiger partial charge in [-0.2, -0.15) is 0 Å². The predicted octanol–water partition coefficient (Wildman–Crippen LogP) is 4.50. The maximum Gasteiger partial charge on any atom is 0.270 e. The molecule has 6 nitrogen and oxygen atoms in total. The van der Waals surface area contributed by atoms with Gasteiger partial charge in [0.1, 0.15) is 11.4 Å². The number of anilines is 2. The summed E-state index contributed by atoms with van der Waals surface area (Å²) in [6.07, 6.45) is 1.68. The van der Waals surface area contributed by atoms with Crippen LogP contribution in [-0.2, 0) is 0 Å². The first-order valence-corrected chi connectivity index (χ1v) is 9.24. The minimum Gasteiger partial charge on any atom is -0.491 e. The minimum atomic E-state index is -0.248. The van der Waals surface area contributed by atoms with Gasteiger partial charge in [-0.15, -0.1) is 0 Å². The molecule has 0 aliphatic heterocycles. The Balaban J connectivity index is 1.65. The standard InChI is InChI=1S/C22H24N4O2/c1-15(2)28-19-11-9-18(10-12-19)25-22-23-14-13-20(26-22)21(27)24-16(3)17-7-5-4-6-8-17/h4-16H,1-3H3,(H,24,27)(H,23,25,26). The number of ether oxygens (including phenoxy) is 1. The van der Waals surface area contributed by atoms with Crippen LogP contribution in [0.4, 0.5) is 11.6 Å². The molecule has 1 atom stereocenters. The van der Waals surface area contributed by atoms with E-state index in [0.717, 1.165) is 17.0 Å². The topological polar surface area (TPSA) is 76.1 Å². The molecule has 28 heavy (non-hydrogen) atoms. The third-order valence-corrected chi connectivity index (χ3v) is 4.02. The van der Waals surface area contributed by atoms with Crippen molar-refractivity contribution in [1.82, 2.24) is 15.3 Å². The van der Waals surface area contributed by atoms with E-state index in [0.29, 0.717) is 11.6 Å². The van der Waals surface area contributed by atoms with E-state index < -0.39 is 0 Å².